The van der Waals surface area contributed by atoms with Crippen molar-refractivity contribution in [2.24, 2.45) is 11.8 Å². The molecule has 4 rings (SSSR count). The number of pyridine rings is 1. The van der Waals surface area contributed by atoms with E-state index in [2.05, 4.69) is 37.4 Å². The van der Waals surface area contributed by atoms with Crippen LogP contribution in [0.3, 0.4) is 0 Å². The Labute approximate surface area is 149 Å². The van der Waals surface area contributed by atoms with Crippen LogP contribution in [-0.2, 0) is 0 Å². The third kappa shape index (κ3) is 3.39. The average Bonchev–Trinajstić information content (AvgIpc) is 3.56. The molecule has 0 radical (unpaired) electrons. The average molecular weight is 331 g/mol. The van der Waals surface area contributed by atoms with Crippen molar-refractivity contribution >= 4 is 12.2 Å². The molecule has 2 nitrogen and oxygen atoms in total. The number of rotatable bonds is 6. The SMILES string of the molecule is C=C/C(c1ccc(OC)cc1)=c1/nc(C2CC2CC2CC2)ccc1=C. The van der Waals surface area contributed by atoms with Crippen LogP contribution >= 0.6 is 0 Å². The van der Waals surface area contributed by atoms with Crippen LogP contribution in [0.25, 0.3) is 12.2 Å². The number of aromatic nitrogens is 1. The molecule has 2 saturated carbocycles. The van der Waals surface area contributed by atoms with Crippen molar-refractivity contribution in [2.45, 2.75) is 31.6 Å². The van der Waals surface area contributed by atoms with Gasteiger partial charge in [-0.05, 0) is 53.7 Å². The number of ether oxygens (including phenoxy) is 1. The molecule has 2 unspecified atom stereocenters. The first kappa shape index (κ1) is 16.1. The second-order valence-corrected chi connectivity index (χ2v) is 7.37. The normalized spacial score (nSPS) is 23.1. The van der Waals surface area contributed by atoms with Gasteiger partial charge >= 0.3 is 0 Å². The van der Waals surface area contributed by atoms with Gasteiger partial charge in [-0.25, -0.2) is 0 Å². The van der Waals surface area contributed by atoms with Gasteiger partial charge in [0.25, 0.3) is 0 Å². The summed E-state index contributed by atoms with van der Waals surface area (Å²) in [6.07, 6.45) is 7.45. The molecular weight excluding hydrogens is 306 g/mol. The Morgan fingerprint density at radius 3 is 2.60 bits per heavy atom. The van der Waals surface area contributed by atoms with Crippen molar-refractivity contribution in [3.8, 4) is 5.75 Å². The number of allylic oxidation sites excluding steroid dienone is 1. The van der Waals surface area contributed by atoms with E-state index in [0.717, 1.165) is 39.3 Å². The zero-order chi connectivity index (χ0) is 17.4. The Bertz CT molecular complexity index is 893. The molecular formula is C23H25NO. The quantitative estimate of drug-likeness (QED) is 0.803. The second-order valence-electron chi connectivity index (χ2n) is 7.37. The lowest BCUT2D eigenvalue weighted by molar-refractivity contribution is 0.415. The highest BCUT2D eigenvalue weighted by molar-refractivity contribution is 5.72. The Hall–Kier alpha value is -2.35. The van der Waals surface area contributed by atoms with Gasteiger partial charge in [0.15, 0.2) is 0 Å². The van der Waals surface area contributed by atoms with Crippen molar-refractivity contribution in [3.63, 3.8) is 0 Å². The van der Waals surface area contributed by atoms with E-state index in [0.29, 0.717) is 5.92 Å². The molecule has 1 aromatic carbocycles. The van der Waals surface area contributed by atoms with Gasteiger partial charge in [-0.1, -0.05) is 50.3 Å². The molecule has 2 atom stereocenters. The maximum absolute atomic E-state index is 5.26. The van der Waals surface area contributed by atoms with Crippen molar-refractivity contribution in [1.29, 1.82) is 0 Å². The maximum Gasteiger partial charge on any atom is 0.118 e. The molecule has 0 N–H and O–H groups in total. The van der Waals surface area contributed by atoms with E-state index in [9.17, 15) is 0 Å². The first-order valence-corrected chi connectivity index (χ1v) is 9.16. The summed E-state index contributed by atoms with van der Waals surface area (Å²) in [5, 5.41) is 1.91. The van der Waals surface area contributed by atoms with E-state index >= 15 is 0 Å². The molecule has 128 valence electrons. The zero-order valence-corrected chi connectivity index (χ0v) is 14.9. The zero-order valence-electron chi connectivity index (χ0n) is 14.9. The number of hydrogen-bond acceptors (Lipinski definition) is 2. The molecule has 1 aromatic heterocycles. The summed E-state index contributed by atoms with van der Waals surface area (Å²) in [6, 6.07) is 12.3. The maximum atomic E-state index is 5.26. The molecule has 2 aliphatic rings. The van der Waals surface area contributed by atoms with Gasteiger partial charge in [0, 0.05) is 17.2 Å². The third-order valence-corrected chi connectivity index (χ3v) is 5.50. The van der Waals surface area contributed by atoms with E-state index in [1.807, 2.05) is 18.2 Å². The Morgan fingerprint density at radius 2 is 1.96 bits per heavy atom. The lowest BCUT2D eigenvalue weighted by atomic mass is 10.0. The highest BCUT2D eigenvalue weighted by Gasteiger charge is 2.42. The molecule has 0 spiro atoms. The fraction of sp³-hybridized carbons (Fsp3) is 0.348. The predicted molar refractivity (Wildman–Crippen MR) is 103 cm³/mol. The van der Waals surface area contributed by atoms with E-state index in [1.165, 1.54) is 31.4 Å². The smallest absolute Gasteiger partial charge is 0.118 e. The summed E-state index contributed by atoms with van der Waals surface area (Å²) in [5.74, 6) is 3.33. The standard InChI is InChI=1S/C23H25NO/c1-4-20(17-8-10-19(25-3)11-9-17)23-15(2)5-12-22(24-23)21-14-18(21)13-16-6-7-16/h4-5,8-12,16,18,21H,1-2,6-7,13-14H2,3H3/b23-20-. The minimum Gasteiger partial charge on any atom is -0.497 e. The van der Waals surface area contributed by atoms with Gasteiger partial charge in [-0.2, -0.15) is 0 Å². The third-order valence-electron chi connectivity index (χ3n) is 5.50. The summed E-state index contributed by atoms with van der Waals surface area (Å²) in [4.78, 5) is 5.00. The number of hydrogen-bond donors (Lipinski definition) is 0. The van der Waals surface area contributed by atoms with E-state index in [1.54, 1.807) is 7.11 Å². The van der Waals surface area contributed by atoms with E-state index < -0.39 is 0 Å². The fourth-order valence-electron chi connectivity index (χ4n) is 3.72. The van der Waals surface area contributed by atoms with Crippen LogP contribution in [0.4, 0.5) is 0 Å². The molecule has 0 aliphatic heterocycles. The van der Waals surface area contributed by atoms with Crippen LogP contribution < -0.4 is 15.3 Å². The minimum atomic E-state index is 0.641. The molecule has 2 aliphatic carbocycles. The monoisotopic (exact) mass is 331 g/mol. The predicted octanol–water partition coefficient (Wildman–Crippen LogP) is 3.79. The van der Waals surface area contributed by atoms with Crippen molar-refractivity contribution in [2.75, 3.05) is 7.11 Å². The Balaban J connectivity index is 1.70. The molecule has 0 amide bonds. The largest absolute Gasteiger partial charge is 0.497 e. The van der Waals surface area contributed by atoms with E-state index in [4.69, 9.17) is 9.72 Å². The van der Waals surface area contributed by atoms with Crippen molar-refractivity contribution < 1.29 is 4.74 Å². The summed E-state index contributed by atoms with van der Waals surface area (Å²) in [7, 11) is 1.68. The molecule has 2 heteroatoms. The highest BCUT2D eigenvalue weighted by Crippen LogP contribution is 2.53. The van der Waals surface area contributed by atoms with Gasteiger partial charge in [0.2, 0.25) is 0 Å². The van der Waals surface area contributed by atoms with Crippen LogP contribution in [0, 0.1) is 11.8 Å². The van der Waals surface area contributed by atoms with Crippen molar-refractivity contribution in [1.82, 2.24) is 4.98 Å². The first-order valence-electron chi connectivity index (χ1n) is 9.16. The van der Waals surface area contributed by atoms with Gasteiger partial charge in [-0.3, -0.25) is 4.98 Å². The summed E-state index contributed by atoms with van der Waals surface area (Å²) >= 11 is 0. The highest BCUT2D eigenvalue weighted by atomic mass is 16.5. The van der Waals surface area contributed by atoms with Crippen molar-refractivity contribution in [3.05, 3.63) is 70.9 Å². The van der Waals surface area contributed by atoms with Crippen LogP contribution in [0.5, 0.6) is 5.75 Å². The minimum absolute atomic E-state index is 0.641. The molecule has 2 fully saturated rings. The number of nitrogens with zero attached hydrogens (tertiary/aromatic N) is 1. The van der Waals surface area contributed by atoms with Gasteiger partial charge in [-0.15, -0.1) is 0 Å². The Morgan fingerprint density at radius 1 is 1.20 bits per heavy atom. The molecule has 2 aromatic rings. The molecule has 1 heterocycles. The molecule has 25 heavy (non-hydrogen) atoms. The molecule has 0 bridgehead atoms. The van der Waals surface area contributed by atoms with Gasteiger partial charge in [0.05, 0.1) is 12.5 Å². The summed E-state index contributed by atoms with van der Waals surface area (Å²) in [6.45, 7) is 8.21. The topological polar surface area (TPSA) is 22.1 Å². The first-order chi connectivity index (χ1) is 12.2. The molecule has 0 saturated heterocycles. The number of benzene rings is 1. The fourth-order valence-corrected chi connectivity index (χ4v) is 3.72. The lowest BCUT2D eigenvalue weighted by Gasteiger charge is -2.06. The van der Waals surface area contributed by atoms with Crippen LogP contribution in [0.1, 0.15) is 42.9 Å². The van der Waals surface area contributed by atoms with Crippen LogP contribution in [0.2, 0.25) is 0 Å². The van der Waals surface area contributed by atoms with E-state index in [-0.39, 0.29) is 0 Å². The van der Waals surface area contributed by atoms with Gasteiger partial charge in [0.1, 0.15) is 5.75 Å². The lowest BCUT2D eigenvalue weighted by Crippen LogP contribution is -2.30. The second kappa shape index (κ2) is 6.51. The Kier molecular flexibility index (Phi) is 4.20. The van der Waals surface area contributed by atoms with Crippen LogP contribution in [-0.4, -0.2) is 12.1 Å². The summed E-state index contributed by atoms with van der Waals surface area (Å²) < 4.78 is 5.26. The number of methoxy groups -OCH3 is 1. The van der Waals surface area contributed by atoms with Gasteiger partial charge < -0.3 is 4.74 Å². The summed E-state index contributed by atoms with van der Waals surface area (Å²) in [5.41, 5.74) is 3.35. The van der Waals surface area contributed by atoms with Crippen LogP contribution in [0.15, 0.2) is 49.1 Å².